The van der Waals surface area contributed by atoms with Crippen LogP contribution in [0.3, 0.4) is 0 Å². The molecule has 4 saturated carbocycles. The molecule has 1 amide bonds. The van der Waals surface area contributed by atoms with Crippen LogP contribution in [0.5, 0.6) is 0 Å². The normalized spacial score (nSPS) is 39.3. The minimum Gasteiger partial charge on any atom is -0.393 e. The van der Waals surface area contributed by atoms with Crippen molar-refractivity contribution < 1.29 is 28.0 Å². The Morgan fingerprint density at radius 3 is 2.46 bits per heavy atom. The van der Waals surface area contributed by atoms with Crippen molar-refractivity contribution >= 4 is 16.0 Å². The smallest absolute Gasteiger partial charge is 0.266 e. The lowest BCUT2D eigenvalue weighted by Gasteiger charge is -2.62. The van der Waals surface area contributed by atoms with Crippen LogP contribution in [-0.2, 0) is 21.5 Å². The Kier molecular flexibility index (Phi) is 8.98. The largest absolute Gasteiger partial charge is 0.393 e. The van der Waals surface area contributed by atoms with Gasteiger partial charge in [-0.05, 0) is 110 Å². The molecule has 4 aliphatic rings. The molecular formula is C33H51NO6S. The highest BCUT2D eigenvalue weighted by Crippen LogP contribution is 2.68. The van der Waals surface area contributed by atoms with Crippen LogP contribution in [-0.4, -0.2) is 58.5 Å². The first-order valence-electron chi connectivity index (χ1n) is 16.0. The highest BCUT2D eigenvalue weighted by Gasteiger charge is 2.63. The zero-order chi connectivity index (χ0) is 29.6. The van der Waals surface area contributed by atoms with E-state index in [9.17, 15) is 28.0 Å². The molecule has 0 aliphatic heterocycles. The van der Waals surface area contributed by atoms with E-state index in [1.165, 1.54) is 12.8 Å². The number of fused-ring (bicyclic) bond motifs is 5. The van der Waals surface area contributed by atoms with Gasteiger partial charge in [-0.2, -0.15) is 8.42 Å². The van der Waals surface area contributed by atoms with Gasteiger partial charge in [-0.15, -0.1) is 0 Å². The number of nitrogens with zero attached hydrogens (tertiary/aromatic N) is 1. The highest BCUT2D eigenvalue weighted by atomic mass is 32.2. The van der Waals surface area contributed by atoms with Crippen molar-refractivity contribution in [2.24, 2.45) is 46.3 Å². The van der Waals surface area contributed by atoms with Crippen LogP contribution in [0.15, 0.2) is 30.3 Å². The van der Waals surface area contributed by atoms with Crippen LogP contribution in [0.25, 0.3) is 0 Å². The predicted octanol–water partition coefficient (Wildman–Crippen LogP) is 5.31. The minimum absolute atomic E-state index is 0.0390. The average molecular weight is 590 g/mol. The van der Waals surface area contributed by atoms with Crippen molar-refractivity contribution in [3.8, 4) is 0 Å². The molecule has 0 spiro atoms. The van der Waals surface area contributed by atoms with E-state index >= 15 is 0 Å². The summed E-state index contributed by atoms with van der Waals surface area (Å²) in [4.78, 5) is 14.9. The summed E-state index contributed by atoms with van der Waals surface area (Å²) in [5.74, 6) is 2.23. The van der Waals surface area contributed by atoms with Gasteiger partial charge in [0.1, 0.15) is 0 Å². The van der Waals surface area contributed by atoms with Crippen LogP contribution >= 0.6 is 0 Å². The van der Waals surface area contributed by atoms with Gasteiger partial charge in [0.25, 0.3) is 10.1 Å². The van der Waals surface area contributed by atoms with Gasteiger partial charge in [0.05, 0.1) is 18.0 Å². The van der Waals surface area contributed by atoms with Gasteiger partial charge in [0, 0.05) is 19.5 Å². The Morgan fingerprint density at radius 2 is 1.76 bits per heavy atom. The first-order chi connectivity index (χ1) is 19.3. The van der Waals surface area contributed by atoms with Gasteiger partial charge < -0.3 is 15.1 Å². The fourth-order valence-electron chi connectivity index (χ4n) is 10.2. The molecule has 1 aromatic rings. The molecule has 8 heteroatoms. The van der Waals surface area contributed by atoms with Crippen LogP contribution in [0.1, 0.15) is 90.5 Å². The number of aliphatic hydroxyl groups is 2. The van der Waals surface area contributed by atoms with Gasteiger partial charge in [0.2, 0.25) is 5.91 Å². The molecule has 7 nitrogen and oxygen atoms in total. The quantitative estimate of drug-likeness (QED) is 0.336. The van der Waals surface area contributed by atoms with Gasteiger partial charge in [0.15, 0.2) is 0 Å². The summed E-state index contributed by atoms with van der Waals surface area (Å²) in [6.07, 6.45) is 8.80. The Bertz CT molecular complexity index is 1180. The lowest BCUT2D eigenvalue weighted by Crippen LogP contribution is -2.58. The van der Waals surface area contributed by atoms with Crippen molar-refractivity contribution in [1.82, 2.24) is 4.90 Å². The highest BCUT2D eigenvalue weighted by molar-refractivity contribution is 7.85. The lowest BCUT2D eigenvalue weighted by molar-refractivity contribution is -0.175. The van der Waals surface area contributed by atoms with E-state index in [2.05, 4.69) is 20.8 Å². The number of benzene rings is 1. The number of amides is 1. The van der Waals surface area contributed by atoms with E-state index in [-0.39, 0.29) is 41.4 Å². The van der Waals surface area contributed by atoms with Crippen LogP contribution < -0.4 is 0 Å². The summed E-state index contributed by atoms with van der Waals surface area (Å²) < 4.78 is 32.2. The third-order valence-corrected chi connectivity index (χ3v) is 13.2. The van der Waals surface area contributed by atoms with Crippen molar-refractivity contribution in [3.63, 3.8) is 0 Å². The van der Waals surface area contributed by atoms with Crippen LogP contribution in [0.4, 0.5) is 0 Å². The van der Waals surface area contributed by atoms with Crippen molar-refractivity contribution in [1.29, 1.82) is 0 Å². The molecule has 3 N–H and O–H groups in total. The number of aliphatic hydroxyl groups excluding tert-OH is 2. The summed E-state index contributed by atoms with van der Waals surface area (Å²) in [5.41, 5.74) is 0.978. The second-order valence-corrected chi connectivity index (χ2v) is 16.1. The zero-order valence-corrected chi connectivity index (χ0v) is 25.9. The average Bonchev–Trinajstić information content (AvgIpc) is 3.29. The molecule has 230 valence electrons. The SMILES string of the molecule is CC(CCC(=O)N(CCS(=O)(=O)O)Cc1ccccc1)C1CCC2C3CCC4CC(O)CCC4(C)C3CC(O)C12C. The molecule has 0 bridgehead atoms. The number of hydrogen-bond acceptors (Lipinski definition) is 5. The van der Waals surface area contributed by atoms with Crippen LogP contribution in [0.2, 0.25) is 0 Å². The second kappa shape index (κ2) is 11.9. The maximum atomic E-state index is 13.4. The van der Waals surface area contributed by atoms with E-state index in [0.717, 1.165) is 44.1 Å². The van der Waals surface area contributed by atoms with E-state index in [1.807, 2.05) is 30.3 Å². The fourth-order valence-corrected chi connectivity index (χ4v) is 10.6. The van der Waals surface area contributed by atoms with Gasteiger partial charge in [-0.25, -0.2) is 0 Å². The molecular weight excluding hydrogens is 538 g/mol. The van der Waals surface area contributed by atoms with Gasteiger partial charge in [-0.1, -0.05) is 51.1 Å². The molecule has 0 saturated heterocycles. The number of carbonyl (C=O) groups excluding carboxylic acids is 1. The first-order valence-corrected chi connectivity index (χ1v) is 17.6. The zero-order valence-electron chi connectivity index (χ0n) is 25.1. The standard InChI is InChI=1S/C33H51NO6S/c1-22(9-14-31(37)34(17-18-41(38,39)40)21-23-7-5-4-6-8-23)27-12-13-28-26-11-10-24-19-25(35)15-16-32(24,2)29(26)20-30(36)33(27,28)3/h4-8,22,24-30,35-36H,9-21H2,1-3H3,(H,38,39,40). The molecule has 5 rings (SSSR count). The number of hydrogen-bond donors (Lipinski definition) is 3. The van der Waals surface area contributed by atoms with Gasteiger partial charge >= 0.3 is 0 Å². The summed E-state index contributed by atoms with van der Waals surface area (Å²) in [6.45, 7) is 7.26. The molecule has 0 radical (unpaired) electrons. The second-order valence-electron chi connectivity index (χ2n) is 14.5. The molecule has 4 aliphatic carbocycles. The maximum Gasteiger partial charge on any atom is 0.266 e. The molecule has 10 atom stereocenters. The van der Waals surface area contributed by atoms with E-state index < -0.39 is 15.9 Å². The summed E-state index contributed by atoms with van der Waals surface area (Å²) in [5, 5.41) is 22.2. The van der Waals surface area contributed by atoms with E-state index in [0.29, 0.717) is 49.0 Å². The lowest BCUT2D eigenvalue weighted by atomic mass is 9.43. The van der Waals surface area contributed by atoms with Crippen molar-refractivity contribution in [2.45, 2.75) is 104 Å². The van der Waals surface area contributed by atoms with E-state index in [4.69, 9.17) is 0 Å². The first kappa shape index (κ1) is 31.0. The monoisotopic (exact) mass is 589 g/mol. The fraction of sp³-hybridized carbons (Fsp3) is 0.788. The van der Waals surface area contributed by atoms with Gasteiger partial charge in [-0.3, -0.25) is 9.35 Å². The molecule has 0 aromatic heterocycles. The van der Waals surface area contributed by atoms with Crippen LogP contribution in [0, 0.1) is 46.3 Å². The minimum atomic E-state index is -4.18. The van der Waals surface area contributed by atoms with Crippen molar-refractivity contribution in [2.75, 3.05) is 12.3 Å². The number of rotatable bonds is 9. The third-order valence-electron chi connectivity index (χ3n) is 12.5. The predicted molar refractivity (Wildman–Crippen MR) is 159 cm³/mol. The molecule has 4 fully saturated rings. The Hall–Kier alpha value is -1.48. The Morgan fingerprint density at radius 1 is 1.02 bits per heavy atom. The molecule has 1 aromatic carbocycles. The summed E-state index contributed by atoms with van der Waals surface area (Å²) in [7, 11) is -4.18. The third kappa shape index (κ3) is 6.13. The Labute approximate surface area is 246 Å². The summed E-state index contributed by atoms with van der Waals surface area (Å²) >= 11 is 0. The van der Waals surface area contributed by atoms with Crippen molar-refractivity contribution in [3.05, 3.63) is 35.9 Å². The maximum absolute atomic E-state index is 13.4. The van der Waals surface area contributed by atoms with E-state index in [1.54, 1.807) is 4.90 Å². The number of carbonyl (C=O) groups is 1. The molecule has 10 unspecified atom stereocenters. The Balaban J connectivity index is 1.25. The molecule has 0 heterocycles. The summed E-state index contributed by atoms with van der Waals surface area (Å²) in [6, 6.07) is 9.52. The topological polar surface area (TPSA) is 115 Å². The molecule has 41 heavy (non-hydrogen) atoms.